The van der Waals surface area contributed by atoms with Gasteiger partial charge in [-0.15, -0.1) is 0 Å². The van der Waals surface area contributed by atoms with Crippen LogP contribution in [0.1, 0.15) is 28.8 Å². The molecule has 0 unspecified atom stereocenters. The van der Waals surface area contributed by atoms with E-state index in [1.54, 1.807) is 36.4 Å². The summed E-state index contributed by atoms with van der Waals surface area (Å²) in [4.78, 5) is 12.0. The summed E-state index contributed by atoms with van der Waals surface area (Å²) in [6.45, 7) is 4.35. The second-order valence-electron chi connectivity index (χ2n) is 3.70. The quantitative estimate of drug-likeness (QED) is 0.757. The van der Waals surface area contributed by atoms with E-state index in [9.17, 15) is 4.79 Å². The SMILES string of the molecule is CCOc1ccc(C(=O)c2ccc(C)o2)cc1. The van der Waals surface area contributed by atoms with Gasteiger partial charge in [-0.3, -0.25) is 4.79 Å². The number of rotatable bonds is 4. The fourth-order valence-corrected chi connectivity index (χ4v) is 1.57. The average Bonchev–Trinajstić information content (AvgIpc) is 2.76. The van der Waals surface area contributed by atoms with Crippen molar-refractivity contribution in [2.24, 2.45) is 0 Å². The fourth-order valence-electron chi connectivity index (χ4n) is 1.57. The molecule has 0 radical (unpaired) electrons. The van der Waals surface area contributed by atoms with Crippen molar-refractivity contribution in [3.05, 3.63) is 53.5 Å². The molecule has 0 aliphatic carbocycles. The normalized spacial score (nSPS) is 10.2. The van der Waals surface area contributed by atoms with Crippen molar-refractivity contribution in [3.8, 4) is 5.75 Å². The smallest absolute Gasteiger partial charge is 0.228 e. The van der Waals surface area contributed by atoms with Crippen LogP contribution in [0.4, 0.5) is 0 Å². The van der Waals surface area contributed by atoms with Crippen LogP contribution < -0.4 is 4.74 Å². The number of furan rings is 1. The summed E-state index contributed by atoms with van der Waals surface area (Å²) in [5.41, 5.74) is 0.600. The van der Waals surface area contributed by atoms with E-state index < -0.39 is 0 Å². The lowest BCUT2D eigenvalue weighted by Crippen LogP contribution is -1.99. The van der Waals surface area contributed by atoms with Gasteiger partial charge in [0.1, 0.15) is 11.5 Å². The van der Waals surface area contributed by atoms with Crippen LogP contribution in [0.15, 0.2) is 40.8 Å². The lowest BCUT2D eigenvalue weighted by Gasteiger charge is -2.03. The fraction of sp³-hybridized carbons (Fsp3) is 0.214. The molecule has 2 aromatic rings. The van der Waals surface area contributed by atoms with Crippen molar-refractivity contribution in [3.63, 3.8) is 0 Å². The van der Waals surface area contributed by atoms with Gasteiger partial charge in [-0.1, -0.05) is 0 Å². The van der Waals surface area contributed by atoms with E-state index in [1.165, 1.54) is 0 Å². The molecule has 0 bridgehead atoms. The first kappa shape index (κ1) is 11.5. The van der Waals surface area contributed by atoms with E-state index in [1.807, 2.05) is 13.8 Å². The summed E-state index contributed by atoms with van der Waals surface area (Å²) in [6, 6.07) is 10.5. The van der Waals surface area contributed by atoms with Gasteiger partial charge in [0.05, 0.1) is 6.61 Å². The van der Waals surface area contributed by atoms with Crippen LogP contribution in [0.5, 0.6) is 5.75 Å². The second kappa shape index (κ2) is 4.87. The Balaban J connectivity index is 2.20. The average molecular weight is 230 g/mol. The maximum Gasteiger partial charge on any atom is 0.228 e. The van der Waals surface area contributed by atoms with Crippen LogP contribution in [0, 0.1) is 6.92 Å². The molecule has 0 fully saturated rings. The highest BCUT2D eigenvalue weighted by molar-refractivity contribution is 6.07. The molecule has 0 aliphatic heterocycles. The molecule has 0 amide bonds. The van der Waals surface area contributed by atoms with Crippen LogP contribution in [-0.4, -0.2) is 12.4 Å². The summed E-state index contributed by atoms with van der Waals surface area (Å²) in [5.74, 6) is 1.76. The van der Waals surface area contributed by atoms with Gasteiger partial charge in [-0.25, -0.2) is 0 Å². The molecule has 0 spiro atoms. The van der Waals surface area contributed by atoms with E-state index >= 15 is 0 Å². The Morgan fingerprint density at radius 2 is 1.88 bits per heavy atom. The van der Waals surface area contributed by atoms with Gasteiger partial charge in [0.25, 0.3) is 0 Å². The van der Waals surface area contributed by atoms with Gasteiger partial charge in [0, 0.05) is 5.56 Å². The standard InChI is InChI=1S/C14H14O3/c1-3-16-12-7-5-11(6-8-12)14(15)13-9-4-10(2)17-13/h4-9H,3H2,1-2H3. The summed E-state index contributed by atoms with van der Waals surface area (Å²) < 4.78 is 10.6. The molecule has 1 heterocycles. The molecule has 0 N–H and O–H groups in total. The molecule has 0 aliphatic rings. The van der Waals surface area contributed by atoms with Crippen LogP contribution in [0.3, 0.4) is 0 Å². The number of ketones is 1. The Hall–Kier alpha value is -2.03. The van der Waals surface area contributed by atoms with Crippen molar-refractivity contribution in [2.45, 2.75) is 13.8 Å². The molecule has 1 aromatic carbocycles. The number of ether oxygens (including phenoxy) is 1. The Labute approximate surface area is 100 Å². The summed E-state index contributed by atoms with van der Waals surface area (Å²) >= 11 is 0. The zero-order valence-corrected chi connectivity index (χ0v) is 9.90. The Kier molecular flexibility index (Phi) is 3.28. The first-order valence-corrected chi connectivity index (χ1v) is 5.54. The second-order valence-corrected chi connectivity index (χ2v) is 3.70. The molecule has 3 heteroatoms. The van der Waals surface area contributed by atoms with Crippen LogP contribution >= 0.6 is 0 Å². The van der Waals surface area contributed by atoms with Gasteiger partial charge in [0.15, 0.2) is 5.76 Å². The van der Waals surface area contributed by atoms with Gasteiger partial charge >= 0.3 is 0 Å². The minimum atomic E-state index is -0.110. The summed E-state index contributed by atoms with van der Waals surface area (Å²) in [5, 5.41) is 0. The number of carbonyl (C=O) groups is 1. The van der Waals surface area contributed by atoms with E-state index in [-0.39, 0.29) is 5.78 Å². The zero-order valence-electron chi connectivity index (χ0n) is 9.90. The molecule has 88 valence electrons. The molecule has 0 saturated carbocycles. The minimum absolute atomic E-state index is 0.110. The summed E-state index contributed by atoms with van der Waals surface area (Å²) in [6.07, 6.45) is 0. The molecule has 1 aromatic heterocycles. The van der Waals surface area contributed by atoms with Crippen molar-refractivity contribution < 1.29 is 13.9 Å². The minimum Gasteiger partial charge on any atom is -0.494 e. The lowest BCUT2D eigenvalue weighted by atomic mass is 10.1. The molecular formula is C14H14O3. The van der Waals surface area contributed by atoms with Gasteiger partial charge in [-0.05, 0) is 50.2 Å². The Bertz CT molecular complexity index is 509. The topological polar surface area (TPSA) is 39.4 Å². The number of hydrogen-bond acceptors (Lipinski definition) is 3. The third-order valence-corrected chi connectivity index (χ3v) is 2.39. The van der Waals surface area contributed by atoms with Crippen molar-refractivity contribution in [2.75, 3.05) is 6.61 Å². The number of carbonyl (C=O) groups excluding carboxylic acids is 1. The summed E-state index contributed by atoms with van der Waals surface area (Å²) in [7, 11) is 0. The highest BCUT2D eigenvalue weighted by atomic mass is 16.5. The van der Waals surface area contributed by atoms with E-state index in [2.05, 4.69) is 0 Å². The third kappa shape index (κ3) is 2.56. The van der Waals surface area contributed by atoms with Crippen LogP contribution in [-0.2, 0) is 0 Å². The van der Waals surface area contributed by atoms with Crippen LogP contribution in [0.25, 0.3) is 0 Å². The van der Waals surface area contributed by atoms with Crippen molar-refractivity contribution in [1.82, 2.24) is 0 Å². The Morgan fingerprint density at radius 1 is 1.18 bits per heavy atom. The lowest BCUT2D eigenvalue weighted by molar-refractivity contribution is 0.101. The molecule has 17 heavy (non-hydrogen) atoms. The number of hydrogen-bond donors (Lipinski definition) is 0. The highest BCUT2D eigenvalue weighted by Crippen LogP contribution is 2.16. The first-order valence-electron chi connectivity index (χ1n) is 5.54. The van der Waals surface area contributed by atoms with Crippen LogP contribution in [0.2, 0.25) is 0 Å². The maximum atomic E-state index is 12.0. The number of aryl methyl sites for hydroxylation is 1. The molecule has 2 rings (SSSR count). The maximum absolute atomic E-state index is 12.0. The van der Waals surface area contributed by atoms with Gasteiger partial charge < -0.3 is 9.15 Å². The monoisotopic (exact) mass is 230 g/mol. The predicted octanol–water partition coefficient (Wildman–Crippen LogP) is 3.22. The third-order valence-electron chi connectivity index (χ3n) is 2.39. The molecule has 0 saturated heterocycles. The highest BCUT2D eigenvalue weighted by Gasteiger charge is 2.12. The van der Waals surface area contributed by atoms with Gasteiger partial charge in [-0.2, -0.15) is 0 Å². The van der Waals surface area contributed by atoms with E-state index in [0.29, 0.717) is 17.9 Å². The Morgan fingerprint density at radius 3 is 2.41 bits per heavy atom. The van der Waals surface area contributed by atoms with E-state index in [0.717, 1.165) is 11.5 Å². The molecule has 3 nitrogen and oxygen atoms in total. The van der Waals surface area contributed by atoms with Crippen molar-refractivity contribution >= 4 is 5.78 Å². The molecular weight excluding hydrogens is 216 g/mol. The number of benzene rings is 1. The van der Waals surface area contributed by atoms with Crippen molar-refractivity contribution in [1.29, 1.82) is 0 Å². The zero-order chi connectivity index (χ0) is 12.3. The largest absolute Gasteiger partial charge is 0.494 e. The first-order chi connectivity index (χ1) is 8.20. The predicted molar refractivity (Wildman–Crippen MR) is 64.5 cm³/mol. The van der Waals surface area contributed by atoms with E-state index in [4.69, 9.17) is 9.15 Å². The molecule has 0 atom stereocenters. The van der Waals surface area contributed by atoms with Gasteiger partial charge in [0.2, 0.25) is 5.78 Å².